The molecule has 5 nitrogen and oxygen atoms in total. The Labute approximate surface area is 173 Å². The molecule has 6 heteroatoms. The number of hydrogen-bond donors (Lipinski definition) is 0. The molecule has 0 atom stereocenters. The van der Waals surface area contributed by atoms with Gasteiger partial charge in [-0.05, 0) is 48.9 Å². The molecule has 5 rings (SSSR count). The number of benzene rings is 2. The normalized spacial score (nSPS) is 17.0. The van der Waals surface area contributed by atoms with E-state index < -0.39 is 0 Å². The summed E-state index contributed by atoms with van der Waals surface area (Å²) in [6.45, 7) is 3.69. The number of halogens is 1. The highest BCUT2D eigenvalue weighted by Crippen LogP contribution is 2.43. The highest BCUT2D eigenvalue weighted by atomic mass is 35.5. The van der Waals surface area contributed by atoms with Crippen LogP contribution in [0.5, 0.6) is 11.5 Å². The van der Waals surface area contributed by atoms with Gasteiger partial charge in [0.05, 0.1) is 18.4 Å². The minimum absolute atomic E-state index is 0.131. The average Bonchev–Trinajstić information content (AvgIpc) is 3.31. The van der Waals surface area contributed by atoms with Gasteiger partial charge in [-0.15, -0.1) is 0 Å². The van der Waals surface area contributed by atoms with Crippen LogP contribution in [0.2, 0.25) is 5.02 Å². The van der Waals surface area contributed by atoms with Crippen LogP contribution in [0.4, 0.5) is 0 Å². The first kappa shape index (κ1) is 18.0. The van der Waals surface area contributed by atoms with Crippen LogP contribution in [0, 0.1) is 6.92 Å². The summed E-state index contributed by atoms with van der Waals surface area (Å²) in [7, 11) is 0. The molecular formula is C23H18ClNO4. The fourth-order valence-electron chi connectivity index (χ4n) is 3.77. The third-order valence-corrected chi connectivity index (χ3v) is 5.34. The number of ether oxygens (including phenoxy) is 2. The topological polar surface area (TPSA) is 51.9 Å². The van der Waals surface area contributed by atoms with Crippen molar-refractivity contribution >= 4 is 23.5 Å². The number of ketones is 1. The first-order chi connectivity index (χ1) is 14.1. The molecule has 2 aliphatic heterocycles. The van der Waals surface area contributed by atoms with Crippen molar-refractivity contribution in [2.45, 2.75) is 20.0 Å². The Morgan fingerprint density at radius 2 is 2.07 bits per heavy atom. The van der Waals surface area contributed by atoms with Crippen molar-refractivity contribution in [3.8, 4) is 11.5 Å². The zero-order valence-corrected chi connectivity index (χ0v) is 16.5. The van der Waals surface area contributed by atoms with Crippen molar-refractivity contribution in [1.29, 1.82) is 0 Å². The van der Waals surface area contributed by atoms with Gasteiger partial charge in [0, 0.05) is 22.7 Å². The first-order valence-electron chi connectivity index (χ1n) is 9.32. The predicted molar refractivity (Wildman–Crippen MR) is 109 cm³/mol. The fourth-order valence-corrected chi connectivity index (χ4v) is 3.97. The molecule has 2 aliphatic rings. The van der Waals surface area contributed by atoms with Gasteiger partial charge in [-0.2, -0.15) is 0 Å². The molecule has 0 saturated heterocycles. The Bertz CT molecular complexity index is 1130. The largest absolute Gasteiger partial charge is 0.477 e. The molecule has 0 saturated carbocycles. The lowest BCUT2D eigenvalue weighted by atomic mass is 10.00. The predicted octanol–water partition coefficient (Wildman–Crippen LogP) is 5.21. The smallest absolute Gasteiger partial charge is 0.231 e. The average molecular weight is 408 g/mol. The Kier molecular flexibility index (Phi) is 4.42. The summed E-state index contributed by atoms with van der Waals surface area (Å²) in [5.41, 5.74) is 3.20. The minimum Gasteiger partial charge on any atom is -0.477 e. The summed E-state index contributed by atoms with van der Waals surface area (Å²) < 4.78 is 17.4. The van der Waals surface area contributed by atoms with Gasteiger partial charge in [0.1, 0.15) is 24.0 Å². The maximum Gasteiger partial charge on any atom is 0.231 e. The number of hydrogen-bond acceptors (Lipinski definition) is 5. The van der Waals surface area contributed by atoms with Crippen LogP contribution in [-0.2, 0) is 13.1 Å². The quantitative estimate of drug-likeness (QED) is 0.558. The second-order valence-corrected chi connectivity index (χ2v) is 7.64. The number of fused-ring (bicyclic) bond motifs is 2. The maximum absolute atomic E-state index is 13.0. The summed E-state index contributed by atoms with van der Waals surface area (Å²) in [6.07, 6.45) is 3.38. The highest BCUT2D eigenvalue weighted by molar-refractivity contribution is 6.30. The number of allylic oxidation sites excluding steroid dienone is 1. The SMILES string of the molecule is Cc1c2c(cc3c1O/C(=C\c1cccc(Cl)c1)C3=O)CN(Cc1ccco1)CO2. The Morgan fingerprint density at radius 3 is 2.86 bits per heavy atom. The second kappa shape index (κ2) is 7.10. The first-order valence-corrected chi connectivity index (χ1v) is 9.70. The molecule has 3 heterocycles. The second-order valence-electron chi connectivity index (χ2n) is 7.20. The standard InChI is InChI=1S/C23H18ClNO4/c1-14-22-16(11-25(13-28-22)12-18-6-3-7-27-18)10-19-21(26)20(29-23(14)19)9-15-4-2-5-17(24)8-15/h2-10H,11-13H2,1H3/b20-9-. The minimum atomic E-state index is -0.131. The molecule has 0 radical (unpaired) electrons. The van der Waals surface area contributed by atoms with Gasteiger partial charge < -0.3 is 13.9 Å². The van der Waals surface area contributed by atoms with Crippen molar-refractivity contribution in [1.82, 2.24) is 4.90 Å². The monoisotopic (exact) mass is 407 g/mol. The molecule has 146 valence electrons. The van der Waals surface area contributed by atoms with E-state index >= 15 is 0 Å². The van der Waals surface area contributed by atoms with Gasteiger partial charge in [0.15, 0.2) is 5.76 Å². The molecule has 0 amide bonds. The van der Waals surface area contributed by atoms with Crippen LogP contribution in [0.25, 0.3) is 6.08 Å². The third-order valence-electron chi connectivity index (χ3n) is 5.11. The lowest BCUT2D eigenvalue weighted by molar-refractivity contribution is 0.0813. The highest BCUT2D eigenvalue weighted by Gasteiger charge is 2.33. The van der Waals surface area contributed by atoms with Crippen LogP contribution in [-0.4, -0.2) is 17.4 Å². The van der Waals surface area contributed by atoms with Crippen molar-refractivity contribution in [3.63, 3.8) is 0 Å². The Balaban J connectivity index is 1.45. The molecule has 29 heavy (non-hydrogen) atoms. The fraction of sp³-hybridized carbons (Fsp3) is 0.174. The molecule has 0 aliphatic carbocycles. The van der Waals surface area contributed by atoms with Gasteiger partial charge in [0.2, 0.25) is 5.78 Å². The summed E-state index contributed by atoms with van der Waals surface area (Å²) in [4.78, 5) is 15.1. The van der Waals surface area contributed by atoms with Crippen LogP contribution < -0.4 is 9.47 Å². The van der Waals surface area contributed by atoms with E-state index in [2.05, 4.69) is 4.90 Å². The van der Waals surface area contributed by atoms with Crippen LogP contribution in [0.1, 0.15) is 32.8 Å². The molecule has 2 aromatic carbocycles. The van der Waals surface area contributed by atoms with Crippen molar-refractivity contribution < 1.29 is 18.7 Å². The number of Topliss-reactive ketones (excluding diaryl/α,β-unsaturated/α-hetero) is 1. The van der Waals surface area contributed by atoms with Crippen molar-refractivity contribution in [2.24, 2.45) is 0 Å². The Hall–Kier alpha value is -3.02. The molecule has 3 aromatic rings. The molecule has 0 spiro atoms. The maximum atomic E-state index is 13.0. The van der Waals surface area contributed by atoms with Crippen molar-refractivity contribution in [2.75, 3.05) is 6.73 Å². The van der Waals surface area contributed by atoms with Crippen LogP contribution in [0.15, 0.2) is 58.9 Å². The van der Waals surface area contributed by atoms with E-state index in [1.54, 1.807) is 24.5 Å². The summed E-state index contributed by atoms with van der Waals surface area (Å²) in [6, 6.07) is 13.0. The zero-order valence-electron chi connectivity index (χ0n) is 15.8. The molecule has 1 aromatic heterocycles. The number of carbonyl (C=O) groups is 1. The van der Waals surface area contributed by atoms with E-state index in [0.717, 1.165) is 28.2 Å². The van der Waals surface area contributed by atoms with Gasteiger partial charge >= 0.3 is 0 Å². The van der Waals surface area contributed by atoms with E-state index in [9.17, 15) is 4.79 Å². The number of nitrogens with zero attached hydrogens (tertiary/aromatic N) is 1. The van der Waals surface area contributed by atoms with Gasteiger partial charge in [-0.3, -0.25) is 9.69 Å². The van der Waals surface area contributed by atoms with E-state index in [-0.39, 0.29) is 5.78 Å². The van der Waals surface area contributed by atoms with E-state index in [1.807, 2.05) is 37.3 Å². The zero-order chi connectivity index (χ0) is 20.0. The lowest BCUT2D eigenvalue weighted by Gasteiger charge is -2.29. The molecule has 0 unspecified atom stereocenters. The molecular weight excluding hydrogens is 390 g/mol. The number of rotatable bonds is 3. The summed E-state index contributed by atoms with van der Waals surface area (Å²) in [5, 5.41) is 0.610. The molecule has 0 N–H and O–H groups in total. The summed E-state index contributed by atoms with van der Waals surface area (Å²) >= 11 is 6.05. The lowest BCUT2D eigenvalue weighted by Crippen LogP contribution is -2.31. The number of carbonyl (C=O) groups excluding carboxylic acids is 1. The van der Waals surface area contributed by atoms with Crippen LogP contribution >= 0.6 is 11.6 Å². The van der Waals surface area contributed by atoms with Gasteiger partial charge in [-0.1, -0.05) is 23.7 Å². The van der Waals surface area contributed by atoms with Crippen molar-refractivity contribution in [3.05, 3.63) is 87.5 Å². The van der Waals surface area contributed by atoms with E-state index in [0.29, 0.717) is 41.9 Å². The number of furan rings is 1. The molecule has 0 bridgehead atoms. The van der Waals surface area contributed by atoms with Crippen LogP contribution in [0.3, 0.4) is 0 Å². The van der Waals surface area contributed by atoms with Gasteiger partial charge in [-0.25, -0.2) is 0 Å². The van der Waals surface area contributed by atoms with E-state index in [1.165, 1.54) is 0 Å². The third kappa shape index (κ3) is 3.33. The van der Waals surface area contributed by atoms with E-state index in [4.69, 9.17) is 25.5 Å². The van der Waals surface area contributed by atoms with Gasteiger partial charge in [0.25, 0.3) is 0 Å². The summed E-state index contributed by atoms with van der Waals surface area (Å²) in [5.74, 6) is 2.40. The molecule has 0 fully saturated rings. The Morgan fingerprint density at radius 1 is 1.17 bits per heavy atom.